The number of nitrogens with one attached hydrogen (secondary N) is 1. The predicted octanol–water partition coefficient (Wildman–Crippen LogP) is 5.93. The molecule has 1 saturated heterocycles. The largest absolute Gasteiger partial charge is 0.495 e. The highest BCUT2D eigenvalue weighted by atomic mass is 16.5. The lowest BCUT2D eigenvalue weighted by molar-refractivity contribution is 0.0601. The van der Waals surface area contributed by atoms with Crippen LogP contribution in [0.5, 0.6) is 5.75 Å². The maximum Gasteiger partial charge on any atom is 0.337 e. The van der Waals surface area contributed by atoms with Crippen LogP contribution in [0, 0.1) is 0 Å². The van der Waals surface area contributed by atoms with Crippen molar-refractivity contribution in [3.63, 3.8) is 0 Å². The van der Waals surface area contributed by atoms with E-state index in [1.165, 1.54) is 48.5 Å². The van der Waals surface area contributed by atoms with E-state index in [0.717, 1.165) is 55.5 Å². The van der Waals surface area contributed by atoms with Crippen molar-refractivity contribution in [2.75, 3.05) is 32.2 Å². The molecule has 0 bridgehead atoms. The fourth-order valence-electron chi connectivity index (χ4n) is 5.27. The molecule has 34 heavy (non-hydrogen) atoms. The van der Waals surface area contributed by atoms with Crippen molar-refractivity contribution in [2.24, 2.45) is 0 Å². The van der Waals surface area contributed by atoms with Crippen molar-refractivity contribution in [2.45, 2.75) is 45.1 Å². The number of carbonyl (C=O) groups is 1. The number of unbranched alkanes of at least 4 members (excludes halogenated alkanes) is 1. The Hall–Kier alpha value is -3.41. The average Bonchev–Trinajstić information content (AvgIpc) is 3.49. The molecular formula is C28H33N3O3. The lowest BCUT2D eigenvalue weighted by Gasteiger charge is -2.30. The van der Waals surface area contributed by atoms with Crippen LogP contribution in [0.1, 0.15) is 48.0 Å². The highest BCUT2D eigenvalue weighted by Gasteiger charge is 2.19. The quantitative estimate of drug-likeness (QED) is 0.262. The number of aryl methyl sites for hydroxylation is 2. The molecule has 6 nitrogen and oxygen atoms in total. The van der Waals surface area contributed by atoms with Crippen molar-refractivity contribution in [3.8, 4) is 5.75 Å². The van der Waals surface area contributed by atoms with Crippen LogP contribution >= 0.6 is 0 Å². The molecule has 1 N–H and O–H groups in total. The summed E-state index contributed by atoms with van der Waals surface area (Å²) >= 11 is 0. The Bertz CT molecular complexity index is 1300. The number of ether oxygens (including phenoxy) is 2. The standard InChI is InChI=1S/C28H33N3O3/c1-33-26-12-11-25-22(27(26)31-15-5-3-6-16-31)13-17-30(25)14-7-4-8-21-19-29-24-10-9-20(18-23(21)24)28(32)34-2/h9-13,17-19,29H,3-8,14-16H2,1-2H3. The van der Waals surface area contributed by atoms with E-state index < -0.39 is 0 Å². The van der Waals surface area contributed by atoms with Gasteiger partial charge in [-0.2, -0.15) is 0 Å². The van der Waals surface area contributed by atoms with E-state index in [1.54, 1.807) is 13.2 Å². The van der Waals surface area contributed by atoms with Gasteiger partial charge in [0.05, 0.1) is 31.0 Å². The number of piperidine rings is 1. The molecule has 2 aromatic heterocycles. The molecule has 1 aliphatic heterocycles. The predicted molar refractivity (Wildman–Crippen MR) is 137 cm³/mol. The van der Waals surface area contributed by atoms with Crippen molar-refractivity contribution in [1.29, 1.82) is 0 Å². The number of H-pyrrole nitrogens is 1. The first-order valence-electron chi connectivity index (χ1n) is 12.3. The van der Waals surface area contributed by atoms with Crippen molar-refractivity contribution >= 4 is 33.5 Å². The number of methoxy groups -OCH3 is 2. The molecule has 0 unspecified atom stereocenters. The number of fused-ring (bicyclic) bond motifs is 2. The van der Waals surface area contributed by atoms with Crippen molar-refractivity contribution in [1.82, 2.24) is 9.55 Å². The first-order valence-corrected chi connectivity index (χ1v) is 12.3. The second-order valence-corrected chi connectivity index (χ2v) is 9.13. The molecule has 3 heterocycles. The maximum atomic E-state index is 11.9. The van der Waals surface area contributed by atoms with Crippen LogP contribution in [0.25, 0.3) is 21.8 Å². The molecule has 6 heteroatoms. The van der Waals surface area contributed by atoms with E-state index in [4.69, 9.17) is 9.47 Å². The minimum absolute atomic E-state index is 0.297. The smallest absolute Gasteiger partial charge is 0.337 e. The van der Waals surface area contributed by atoms with Gasteiger partial charge in [-0.1, -0.05) is 0 Å². The van der Waals surface area contributed by atoms with E-state index >= 15 is 0 Å². The monoisotopic (exact) mass is 459 g/mol. The van der Waals surface area contributed by atoms with Gasteiger partial charge >= 0.3 is 5.97 Å². The fraction of sp³-hybridized carbons (Fsp3) is 0.393. The van der Waals surface area contributed by atoms with Gasteiger partial charge < -0.3 is 23.9 Å². The molecule has 0 amide bonds. The van der Waals surface area contributed by atoms with Crippen LogP contribution in [-0.2, 0) is 17.7 Å². The number of esters is 1. The first kappa shape index (κ1) is 22.4. The summed E-state index contributed by atoms with van der Waals surface area (Å²) in [4.78, 5) is 17.7. The third kappa shape index (κ3) is 4.25. The molecule has 1 aliphatic rings. The molecule has 0 radical (unpaired) electrons. The SMILES string of the molecule is COC(=O)c1ccc2[nH]cc(CCCCn3ccc4c(N5CCCCC5)c(OC)ccc43)c2c1. The Morgan fingerprint density at radius 1 is 1.00 bits per heavy atom. The highest BCUT2D eigenvalue weighted by molar-refractivity contribution is 5.97. The third-order valence-corrected chi connectivity index (χ3v) is 7.06. The molecule has 178 valence electrons. The number of carbonyl (C=O) groups excluding carboxylic acids is 1. The molecule has 0 atom stereocenters. The zero-order valence-corrected chi connectivity index (χ0v) is 20.1. The summed E-state index contributed by atoms with van der Waals surface area (Å²) in [7, 11) is 3.19. The zero-order chi connectivity index (χ0) is 23.5. The number of benzene rings is 2. The summed E-state index contributed by atoms with van der Waals surface area (Å²) in [5, 5.41) is 2.39. The van der Waals surface area contributed by atoms with Gasteiger partial charge in [-0.05, 0) is 80.5 Å². The van der Waals surface area contributed by atoms with Gasteiger partial charge in [0.25, 0.3) is 0 Å². The number of hydrogen-bond donors (Lipinski definition) is 1. The van der Waals surface area contributed by atoms with Gasteiger partial charge in [-0.25, -0.2) is 4.79 Å². The fourth-order valence-corrected chi connectivity index (χ4v) is 5.27. The first-order chi connectivity index (χ1) is 16.7. The minimum atomic E-state index is -0.297. The highest BCUT2D eigenvalue weighted by Crippen LogP contribution is 2.38. The van der Waals surface area contributed by atoms with E-state index in [2.05, 4.69) is 45.0 Å². The van der Waals surface area contributed by atoms with Gasteiger partial charge in [-0.3, -0.25) is 0 Å². The Morgan fingerprint density at radius 2 is 1.85 bits per heavy atom. The molecular weight excluding hydrogens is 426 g/mol. The summed E-state index contributed by atoms with van der Waals surface area (Å²) in [6.45, 7) is 3.18. The lowest BCUT2D eigenvalue weighted by atomic mass is 10.0. The van der Waals surface area contributed by atoms with Gasteiger partial charge in [0.15, 0.2) is 0 Å². The van der Waals surface area contributed by atoms with E-state index in [1.807, 2.05) is 12.1 Å². The topological polar surface area (TPSA) is 59.5 Å². The second kappa shape index (κ2) is 9.84. The molecule has 2 aromatic carbocycles. The Labute approximate surface area is 200 Å². The molecule has 4 aromatic rings. The number of hydrogen-bond acceptors (Lipinski definition) is 4. The van der Waals surface area contributed by atoms with Gasteiger partial charge in [0.1, 0.15) is 5.75 Å². The second-order valence-electron chi connectivity index (χ2n) is 9.13. The number of rotatable bonds is 8. The minimum Gasteiger partial charge on any atom is -0.495 e. The normalized spacial score (nSPS) is 14.1. The van der Waals surface area contributed by atoms with E-state index in [0.29, 0.717) is 5.56 Å². The van der Waals surface area contributed by atoms with Crippen LogP contribution in [0.2, 0.25) is 0 Å². The van der Waals surface area contributed by atoms with Crippen LogP contribution in [0.3, 0.4) is 0 Å². The number of nitrogens with zero attached hydrogens (tertiary/aromatic N) is 2. The Kier molecular flexibility index (Phi) is 6.48. The third-order valence-electron chi connectivity index (χ3n) is 7.06. The molecule has 0 spiro atoms. The maximum absolute atomic E-state index is 11.9. The number of anilines is 1. The van der Waals surface area contributed by atoms with Crippen molar-refractivity contribution < 1.29 is 14.3 Å². The van der Waals surface area contributed by atoms with Crippen LogP contribution in [-0.4, -0.2) is 42.8 Å². The summed E-state index contributed by atoms with van der Waals surface area (Å²) in [6, 6.07) is 12.2. The lowest BCUT2D eigenvalue weighted by Crippen LogP contribution is -2.29. The zero-order valence-electron chi connectivity index (χ0n) is 20.1. The summed E-state index contributed by atoms with van der Waals surface area (Å²) < 4.78 is 13.0. The molecule has 5 rings (SSSR count). The van der Waals surface area contributed by atoms with E-state index in [9.17, 15) is 4.79 Å². The van der Waals surface area contributed by atoms with Gasteiger partial charge in [-0.15, -0.1) is 0 Å². The molecule has 1 fully saturated rings. The Balaban J connectivity index is 1.28. The van der Waals surface area contributed by atoms with Crippen LogP contribution in [0.4, 0.5) is 5.69 Å². The number of aromatic nitrogens is 2. The molecule has 0 aliphatic carbocycles. The van der Waals surface area contributed by atoms with Gasteiger partial charge in [0, 0.05) is 48.3 Å². The van der Waals surface area contributed by atoms with Crippen LogP contribution < -0.4 is 9.64 Å². The average molecular weight is 460 g/mol. The summed E-state index contributed by atoms with van der Waals surface area (Å²) in [6.07, 6.45) is 11.2. The Morgan fingerprint density at radius 3 is 2.65 bits per heavy atom. The van der Waals surface area contributed by atoms with Crippen molar-refractivity contribution in [3.05, 3.63) is 59.9 Å². The van der Waals surface area contributed by atoms with Crippen LogP contribution in [0.15, 0.2) is 48.8 Å². The summed E-state index contributed by atoms with van der Waals surface area (Å²) in [5.74, 6) is 0.673. The van der Waals surface area contributed by atoms with E-state index in [-0.39, 0.29) is 5.97 Å². The number of aromatic amines is 1. The molecule has 0 saturated carbocycles. The van der Waals surface area contributed by atoms with Gasteiger partial charge in [0.2, 0.25) is 0 Å². The summed E-state index contributed by atoms with van der Waals surface area (Å²) in [5.41, 5.74) is 5.41.